The van der Waals surface area contributed by atoms with Gasteiger partial charge in [-0.1, -0.05) is 36.4 Å². The molecule has 0 atom stereocenters. The van der Waals surface area contributed by atoms with Gasteiger partial charge < -0.3 is 5.32 Å². The molecule has 0 fully saturated rings. The average molecular weight is 387 g/mol. The van der Waals surface area contributed by atoms with Crippen molar-refractivity contribution >= 4 is 11.6 Å². The third-order valence-corrected chi connectivity index (χ3v) is 4.45. The molecule has 0 bridgehead atoms. The van der Waals surface area contributed by atoms with Crippen LogP contribution in [-0.2, 0) is 11.3 Å². The SMILES string of the molecule is Cc1ccnn1-c1cccc(NC(=O)CCCn2nnc(-c3ccccc3)n2)c1. The van der Waals surface area contributed by atoms with E-state index in [-0.39, 0.29) is 5.91 Å². The summed E-state index contributed by atoms with van der Waals surface area (Å²) in [5, 5.41) is 19.7. The number of carbonyl (C=O) groups is 1. The summed E-state index contributed by atoms with van der Waals surface area (Å²) in [5.41, 5.74) is 3.60. The second-order valence-corrected chi connectivity index (χ2v) is 6.66. The van der Waals surface area contributed by atoms with Crippen LogP contribution in [0.3, 0.4) is 0 Å². The number of amides is 1. The zero-order valence-electron chi connectivity index (χ0n) is 16.1. The number of nitrogens with one attached hydrogen (secondary N) is 1. The predicted octanol–water partition coefficient (Wildman–Crippen LogP) is 3.25. The van der Waals surface area contributed by atoms with E-state index in [4.69, 9.17) is 0 Å². The number of carbonyl (C=O) groups excluding carboxylic acids is 1. The molecule has 0 aliphatic rings. The molecule has 0 spiro atoms. The van der Waals surface area contributed by atoms with Crippen molar-refractivity contribution in [3.05, 3.63) is 72.6 Å². The molecule has 4 aromatic rings. The molecule has 8 heteroatoms. The van der Waals surface area contributed by atoms with Gasteiger partial charge in [-0.25, -0.2) is 4.68 Å². The zero-order valence-corrected chi connectivity index (χ0v) is 16.1. The number of aryl methyl sites for hydroxylation is 2. The lowest BCUT2D eigenvalue weighted by atomic mass is 10.2. The Hall–Kier alpha value is -3.81. The summed E-state index contributed by atoms with van der Waals surface area (Å²) < 4.78 is 1.83. The lowest BCUT2D eigenvalue weighted by Crippen LogP contribution is -2.13. The highest BCUT2D eigenvalue weighted by Gasteiger charge is 2.08. The van der Waals surface area contributed by atoms with Crippen molar-refractivity contribution in [1.82, 2.24) is 30.0 Å². The minimum atomic E-state index is -0.0530. The number of nitrogens with zero attached hydrogens (tertiary/aromatic N) is 6. The van der Waals surface area contributed by atoms with E-state index in [1.807, 2.05) is 72.3 Å². The smallest absolute Gasteiger partial charge is 0.224 e. The fourth-order valence-corrected chi connectivity index (χ4v) is 3.00. The monoisotopic (exact) mass is 387 g/mol. The molecule has 0 aliphatic carbocycles. The molecule has 0 saturated heterocycles. The number of hydrogen-bond acceptors (Lipinski definition) is 5. The maximum Gasteiger partial charge on any atom is 0.224 e. The molecule has 2 aromatic heterocycles. The van der Waals surface area contributed by atoms with Gasteiger partial charge in [0.05, 0.1) is 12.2 Å². The van der Waals surface area contributed by atoms with E-state index in [0.717, 1.165) is 22.6 Å². The summed E-state index contributed by atoms with van der Waals surface area (Å²) in [4.78, 5) is 13.8. The van der Waals surface area contributed by atoms with Crippen LogP contribution in [0.4, 0.5) is 5.69 Å². The van der Waals surface area contributed by atoms with Gasteiger partial charge in [-0.2, -0.15) is 9.90 Å². The van der Waals surface area contributed by atoms with Crippen molar-refractivity contribution in [3.8, 4) is 17.1 Å². The van der Waals surface area contributed by atoms with Crippen molar-refractivity contribution in [2.45, 2.75) is 26.3 Å². The van der Waals surface area contributed by atoms with Gasteiger partial charge in [0, 0.05) is 29.6 Å². The van der Waals surface area contributed by atoms with Crippen molar-refractivity contribution in [3.63, 3.8) is 0 Å². The van der Waals surface area contributed by atoms with Crippen LogP contribution in [0.25, 0.3) is 17.1 Å². The lowest BCUT2D eigenvalue weighted by Gasteiger charge is -2.09. The quantitative estimate of drug-likeness (QED) is 0.526. The Morgan fingerprint density at radius 1 is 1.07 bits per heavy atom. The summed E-state index contributed by atoms with van der Waals surface area (Å²) in [6.07, 6.45) is 2.74. The Kier molecular flexibility index (Phi) is 5.42. The zero-order chi connectivity index (χ0) is 20.1. The van der Waals surface area contributed by atoms with E-state index in [0.29, 0.717) is 25.2 Å². The average Bonchev–Trinajstić information content (AvgIpc) is 3.38. The first-order valence-corrected chi connectivity index (χ1v) is 9.43. The summed E-state index contributed by atoms with van der Waals surface area (Å²) in [5.74, 6) is 0.531. The van der Waals surface area contributed by atoms with Gasteiger partial charge in [0.25, 0.3) is 0 Å². The molecular formula is C21H21N7O. The molecule has 1 amide bonds. The highest BCUT2D eigenvalue weighted by Crippen LogP contribution is 2.16. The molecule has 0 aliphatic heterocycles. The van der Waals surface area contributed by atoms with E-state index in [9.17, 15) is 4.79 Å². The van der Waals surface area contributed by atoms with Crippen molar-refractivity contribution in [1.29, 1.82) is 0 Å². The van der Waals surface area contributed by atoms with Crippen LogP contribution in [0.1, 0.15) is 18.5 Å². The Labute approximate surface area is 168 Å². The molecule has 1 N–H and O–H groups in total. The van der Waals surface area contributed by atoms with Gasteiger partial charge >= 0.3 is 0 Å². The summed E-state index contributed by atoms with van der Waals surface area (Å²) in [6, 6.07) is 19.2. The Bertz CT molecular complexity index is 1100. The second-order valence-electron chi connectivity index (χ2n) is 6.66. The Morgan fingerprint density at radius 2 is 1.93 bits per heavy atom. The third-order valence-electron chi connectivity index (χ3n) is 4.45. The van der Waals surface area contributed by atoms with Gasteiger partial charge in [-0.15, -0.1) is 10.2 Å². The molecule has 0 radical (unpaired) electrons. The van der Waals surface area contributed by atoms with Gasteiger partial charge in [0.2, 0.25) is 11.7 Å². The number of anilines is 1. The van der Waals surface area contributed by atoms with E-state index in [1.54, 1.807) is 6.20 Å². The first-order valence-electron chi connectivity index (χ1n) is 9.43. The van der Waals surface area contributed by atoms with E-state index in [1.165, 1.54) is 4.80 Å². The molecule has 2 heterocycles. The first kappa shape index (κ1) is 18.5. The number of tetrazole rings is 1. The number of rotatable bonds is 7. The minimum Gasteiger partial charge on any atom is -0.326 e. The maximum absolute atomic E-state index is 12.3. The van der Waals surface area contributed by atoms with Crippen LogP contribution in [0, 0.1) is 6.92 Å². The standard InChI is InChI=1S/C21H21N7O/c1-16-12-13-22-28(16)19-10-5-9-18(15-19)23-20(29)11-6-14-27-25-21(24-26-27)17-7-3-2-4-8-17/h2-5,7-10,12-13,15H,6,11,14H2,1H3,(H,23,29). The fourth-order valence-electron chi connectivity index (χ4n) is 3.00. The van der Waals surface area contributed by atoms with Gasteiger partial charge in [0.1, 0.15) is 0 Å². The van der Waals surface area contributed by atoms with Crippen LogP contribution in [0.15, 0.2) is 66.9 Å². The normalized spacial score (nSPS) is 10.8. The summed E-state index contributed by atoms with van der Waals surface area (Å²) in [6.45, 7) is 2.51. The summed E-state index contributed by atoms with van der Waals surface area (Å²) >= 11 is 0. The fraction of sp³-hybridized carbons (Fsp3) is 0.190. The van der Waals surface area contributed by atoms with E-state index >= 15 is 0 Å². The van der Waals surface area contributed by atoms with Crippen LogP contribution in [0.2, 0.25) is 0 Å². The lowest BCUT2D eigenvalue weighted by molar-refractivity contribution is -0.116. The minimum absolute atomic E-state index is 0.0530. The van der Waals surface area contributed by atoms with Gasteiger partial charge in [-0.05, 0) is 42.8 Å². The van der Waals surface area contributed by atoms with Crippen LogP contribution in [0.5, 0.6) is 0 Å². The molecule has 146 valence electrons. The summed E-state index contributed by atoms with van der Waals surface area (Å²) in [7, 11) is 0. The Morgan fingerprint density at radius 3 is 2.72 bits per heavy atom. The second kappa shape index (κ2) is 8.47. The van der Waals surface area contributed by atoms with Gasteiger partial charge in [0.15, 0.2) is 0 Å². The van der Waals surface area contributed by atoms with E-state index in [2.05, 4.69) is 25.8 Å². The van der Waals surface area contributed by atoms with Crippen molar-refractivity contribution in [2.24, 2.45) is 0 Å². The van der Waals surface area contributed by atoms with Crippen LogP contribution in [-0.4, -0.2) is 35.9 Å². The molecule has 29 heavy (non-hydrogen) atoms. The highest BCUT2D eigenvalue weighted by atomic mass is 16.1. The predicted molar refractivity (Wildman–Crippen MR) is 109 cm³/mol. The number of benzene rings is 2. The van der Waals surface area contributed by atoms with Crippen molar-refractivity contribution < 1.29 is 4.79 Å². The van der Waals surface area contributed by atoms with Gasteiger partial charge in [-0.3, -0.25) is 4.79 Å². The topological polar surface area (TPSA) is 90.5 Å². The Balaban J connectivity index is 1.30. The number of hydrogen-bond donors (Lipinski definition) is 1. The molecule has 8 nitrogen and oxygen atoms in total. The van der Waals surface area contributed by atoms with Crippen LogP contribution >= 0.6 is 0 Å². The highest BCUT2D eigenvalue weighted by molar-refractivity contribution is 5.90. The molecular weight excluding hydrogens is 366 g/mol. The molecule has 4 rings (SSSR count). The van der Waals surface area contributed by atoms with Crippen LogP contribution < -0.4 is 5.32 Å². The largest absolute Gasteiger partial charge is 0.326 e. The molecule has 0 unspecified atom stereocenters. The first-order chi connectivity index (χ1) is 14.2. The maximum atomic E-state index is 12.3. The number of aromatic nitrogens is 6. The molecule has 0 saturated carbocycles. The third kappa shape index (κ3) is 4.55. The van der Waals surface area contributed by atoms with E-state index < -0.39 is 0 Å². The van der Waals surface area contributed by atoms with Crippen molar-refractivity contribution in [2.75, 3.05) is 5.32 Å². The molecule has 2 aromatic carbocycles.